The molecule has 1 amide bonds. The Labute approximate surface area is 388 Å². The van der Waals surface area contributed by atoms with E-state index in [0.29, 0.717) is 36.4 Å². The average molecular weight is 1020 g/mol. The van der Waals surface area contributed by atoms with Crippen molar-refractivity contribution in [3.8, 4) is 23.0 Å². The molecule has 0 unspecified atom stereocenters. The van der Waals surface area contributed by atoms with Crippen molar-refractivity contribution in [2.45, 2.75) is 118 Å². The Morgan fingerprint density at radius 1 is 0.912 bits per heavy atom. The van der Waals surface area contributed by atoms with E-state index in [4.69, 9.17) is 11.6 Å². The van der Waals surface area contributed by atoms with E-state index in [2.05, 4.69) is 37.1 Å². The molecule has 68 heavy (non-hydrogen) atoms. The molecule has 3 aromatic heterocycles. The highest BCUT2D eigenvalue weighted by atomic mass is 35.5. The number of carbonyl (C=O) groups is 1. The molecule has 3 heterocycles. The van der Waals surface area contributed by atoms with Crippen LogP contribution in [0.3, 0.4) is 0 Å². The number of alkyl halides is 7. The quantitative estimate of drug-likeness (QED) is 0.0826. The Kier molecular flexibility index (Phi) is 11.7. The third-order valence-electron chi connectivity index (χ3n) is 12.7. The Bertz CT molecular complexity index is 3170. The maximum atomic E-state index is 15.8. The van der Waals surface area contributed by atoms with Gasteiger partial charge in [-0.05, 0) is 107 Å². The number of amides is 1. The molecule has 2 N–H and O–H groups in total. The number of aromatic nitrogens is 5. The highest BCUT2D eigenvalue weighted by Crippen LogP contribution is 2.64. The lowest BCUT2D eigenvalue weighted by Crippen LogP contribution is -2.36. The summed E-state index contributed by atoms with van der Waals surface area (Å²) in [4.78, 5) is 18.9. The van der Waals surface area contributed by atoms with Crippen LogP contribution in [0.25, 0.3) is 22.0 Å². The first-order valence-electron chi connectivity index (χ1n) is 21.3. The lowest BCUT2D eigenvalue weighted by molar-refractivity contribution is -0.144. The van der Waals surface area contributed by atoms with Crippen LogP contribution in [0, 0.1) is 29.4 Å². The van der Waals surface area contributed by atoms with Gasteiger partial charge in [0.2, 0.25) is 15.9 Å². The van der Waals surface area contributed by atoms with Crippen LogP contribution in [-0.2, 0) is 56.3 Å². The highest BCUT2D eigenvalue weighted by molar-refractivity contribution is 7.94. The highest BCUT2D eigenvalue weighted by Gasteiger charge is 2.63. The molecule has 3 fully saturated rings. The van der Waals surface area contributed by atoms with Crippen LogP contribution >= 0.6 is 11.6 Å². The first kappa shape index (κ1) is 47.7. The Morgan fingerprint density at radius 2 is 1.57 bits per heavy atom. The minimum absolute atomic E-state index is 0.0208. The number of anilines is 1. The molecule has 9 rings (SSSR count). The van der Waals surface area contributed by atoms with E-state index >= 15 is 8.78 Å². The topological polar surface area (TPSA) is 158 Å². The van der Waals surface area contributed by atoms with Crippen molar-refractivity contribution in [2.24, 2.45) is 5.92 Å². The van der Waals surface area contributed by atoms with Crippen LogP contribution < -0.4 is 10.0 Å². The predicted octanol–water partition coefficient (Wildman–Crippen LogP) is 8.82. The third kappa shape index (κ3) is 8.69. The molecule has 0 spiro atoms. The van der Waals surface area contributed by atoms with Crippen LogP contribution in [0.4, 0.5) is 45.3 Å². The fraction of sp³-hybridized carbons (Fsp3) is 0.455. The molecule has 0 bridgehead atoms. The number of nitrogens with one attached hydrogen (secondary N) is 2. The van der Waals surface area contributed by atoms with Crippen molar-refractivity contribution < 1.29 is 61.1 Å². The molecule has 5 aromatic rings. The van der Waals surface area contributed by atoms with Gasteiger partial charge in [0.15, 0.2) is 21.3 Å². The fourth-order valence-corrected chi connectivity index (χ4v) is 12.4. The van der Waals surface area contributed by atoms with Gasteiger partial charge >= 0.3 is 6.18 Å². The second-order valence-electron chi connectivity index (χ2n) is 18.0. The zero-order chi connectivity index (χ0) is 49.0. The predicted molar refractivity (Wildman–Crippen MR) is 230 cm³/mol. The van der Waals surface area contributed by atoms with E-state index in [1.165, 1.54) is 38.1 Å². The van der Waals surface area contributed by atoms with Crippen LogP contribution in [-0.4, -0.2) is 69.0 Å². The van der Waals surface area contributed by atoms with Crippen molar-refractivity contribution in [3.63, 3.8) is 0 Å². The molecule has 362 valence electrons. The summed E-state index contributed by atoms with van der Waals surface area (Å²) < 4.78 is 188. The van der Waals surface area contributed by atoms with Gasteiger partial charge in [0.1, 0.15) is 40.9 Å². The lowest BCUT2D eigenvalue weighted by Gasteiger charge is -2.34. The van der Waals surface area contributed by atoms with E-state index in [-0.39, 0.29) is 56.8 Å². The number of nitrogens with zero attached hydrogens (tertiary/aromatic N) is 5. The Hall–Kier alpha value is -5.34. The number of pyridine rings is 1. The smallest absolute Gasteiger partial charge is 0.346 e. The van der Waals surface area contributed by atoms with Gasteiger partial charge in [-0.15, -0.1) is 0 Å². The number of halogens is 10. The average Bonchev–Trinajstić information content (AvgIpc) is 4.14. The summed E-state index contributed by atoms with van der Waals surface area (Å²) in [5, 5.41) is 8.53. The van der Waals surface area contributed by atoms with E-state index in [1.807, 2.05) is 0 Å². The Balaban J connectivity index is 1.22. The number of hydrogen-bond donors (Lipinski definition) is 2. The SMILES string of the molecule is CC(C)(C#Cc1ccc(-c2ccc(Cl)c3c(NS(=O)(=O)C4CC4)nn(CC(F)F)c23)c([C@H](Cc2cc(F)cc(F)c2)NC(=O)Cn2nc(C(F)(F)F)c3c2C(F)(F)[C@@H]2CC[C@H]32)n1)S(=O)(=O)C1CC1. The first-order chi connectivity index (χ1) is 31.8. The fourth-order valence-electron chi connectivity index (χ4n) is 9.06. The first-order valence-corrected chi connectivity index (χ1v) is 24.8. The molecule has 0 aliphatic heterocycles. The monoisotopic (exact) mass is 1020 g/mol. The summed E-state index contributed by atoms with van der Waals surface area (Å²) in [6, 6.07) is 6.05. The van der Waals surface area contributed by atoms with Gasteiger partial charge in [0.05, 0.1) is 38.2 Å². The molecular formula is C44H39ClF9N7O5S2. The number of hydrogen-bond acceptors (Lipinski definition) is 8. The molecule has 4 aliphatic rings. The lowest BCUT2D eigenvalue weighted by atomic mass is 9.73. The molecule has 4 aliphatic carbocycles. The molecule has 3 atom stereocenters. The maximum Gasteiger partial charge on any atom is 0.435 e. The van der Waals surface area contributed by atoms with Crippen LogP contribution in [0.2, 0.25) is 5.02 Å². The summed E-state index contributed by atoms with van der Waals surface area (Å²) >= 11 is 6.65. The van der Waals surface area contributed by atoms with E-state index < -0.39 is 131 Å². The normalized spacial score (nSPS) is 19.5. The van der Waals surface area contributed by atoms with E-state index in [0.717, 1.165) is 16.8 Å². The van der Waals surface area contributed by atoms with E-state index in [1.54, 1.807) is 0 Å². The summed E-state index contributed by atoms with van der Waals surface area (Å²) in [6.07, 6.45) is -7.29. The molecule has 0 radical (unpaired) electrons. The van der Waals surface area contributed by atoms with E-state index in [9.17, 15) is 52.4 Å². The Morgan fingerprint density at radius 3 is 2.18 bits per heavy atom. The summed E-state index contributed by atoms with van der Waals surface area (Å²) in [5.41, 5.74) is -4.10. The number of fused-ring (bicyclic) bond motifs is 4. The van der Waals surface area contributed by atoms with Gasteiger partial charge in [-0.25, -0.2) is 39.4 Å². The minimum Gasteiger partial charge on any atom is -0.346 e. The summed E-state index contributed by atoms with van der Waals surface area (Å²) in [5.74, 6) is -4.66. The van der Waals surface area contributed by atoms with Gasteiger partial charge in [-0.2, -0.15) is 32.1 Å². The van der Waals surface area contributed by atoms with Crippen LogP contribution in [0.5, 0.6) is 0 Å². The van der Waals surface area contributed by atoms with Crippen molar-refractivity contribution in [3.05, 3.63) is 93.0 Å². The standard InChI is InChI=1S/C44H39ClF9N7O5S2/c1-42(2,67(63,64)25-4-5-25)14-13-24-3-8-27(28-10-12-31(45)36-38(28)60(19-33(48)49)58-41(36)59-68(65,66)26-6-7-26)37(55-24)32(17-21-15-22(46)18-23(47)16-21)56-34(62)20-61-40-35(39(57-61)44(52,53)54)29-9-11-30(29)43(40,50)51/h3,8,10,12,15-16,18,25-26,29-30,32-33H,4-7,9,11,17,19-20H2,1-2H3,(H,56,62)(H,58,59)/t29-,30+,32-/m0/s1. The van der Waals surface area contributed by atoms with Gasteiger partial charge in [-0.1, -0.05) is 23.6 Å². The number of sulfonamides is 1. The number of sulfone groups is 1. The largest absolute Gasteiger partial charge is 0.435 e. The number of benzene rings is 2. The number of carbonyl (C=O) groups excluding carboxylic acids is 1. The van der Waals surface area contributed by atoms with Crippen LogP contribution in [0.15, 0.2) is 42.5 Å². The van der Waals surface area contributed by atoms with Crippen molar-refractivity contribution in [2.75, 3.05) is 4.72 Å². The number of rotatable bonds is 14. The minimum atomic E-state index is -5.17. The molecule has 24 heteroatoms. The summed E-state index contributed by atoms with van der Waals surface area (Å²) in [6.45, 7) is 0.466. The van der Waals surface area contributed by atoms with Crippen LogP contribution in [0.1, 0.15) is 98.2 Å². The third-order valence-corrected chi connectivity index (χ3v) is 17.8. The maximum absolute atomic E-state index is 15.8. The second kappa shape index (κ2) is 16.7. The molecule has 0 saturated heterocycles. The second-order valence-corrected chi connectivity index (χ2v) is 23.1. The molecule has 2 aromatic carbocycles. The zero-order valence-electron chi connectivity index (χ0n) is 35.7. The van der Waals surface area contributed by atoms with Crippen molar-refractivity contribution >= 4 is 54.1 Å². The van der Waals surface area contributed by atoms with Gasteiger partial charge < -0.3 is 5.32 Å². The summed E-state index contributed by atoms with van der Waals surface area (Å²) in [7, 11) is -7.85. The van der Waals surface area contributed by atoms with Gasteiger partial charge in [0.25, 0.3) is 12.3 Å². The van der Waals surface area contributed by atoms with Crippen molar-refractivity contribution in [1.82, 2.24) is 29.9 Å². The van der Waals surface area contributed by atoms with Gasteiger partial charge in [0, 0.05) is 28.7 Å². The molecule has 12 nitrogen and oxygen atoms in total. The zero-order valence-corrected chi connectivity index (χ0v) is 38.1. The molecular weight excluding hydrogens is 977 g/mol. The molecule has 3 saturated carbocycles. The van der Waals surface area contributed by atoms with Gasteiger partial charge in [-0.3, -0.25) is 18.9 Å². The van der Waals surface area contributed by atoms with Crippen molar-refractivity contribution in [1.29, 1.82) is 0 Å².